The molecule has 1 saturated carbocycles. The van der Waals surface area contributed by atoms with Crippen LogP contribution in [-0.2, 0) is 0 Å². The maximum atomic E-state index is 10.7. The van der Waals surface area contributed by atoms with Gasteiger partial charge in [-0.1, -0.05) is 19.3 Å². The molecule has 1 aliphatic carbocycles. The minimum absolute atomic E-state index is 0.105. The fourth-order valence-corrected chi connectivity index (χ4v) is 2.27. The molecule has 2 rings (SSSR count). The number of nitrogens with one attached hydrogen (secondary N) is 1. The molecule has 0 unspecified atom stereocenters. The van der Waals surface area contributed by atoms with Crippen LogP contribution in [0.5, 0.6) is 5.75 Å². The lowest BCUT2D eigenvalue weighted by Crippen LogP contribution is -2.22. The Morgan fingerprint density at radius 2 is 2.17 bits per heavy atom. The van der Waals surface area contributed by atoms with Gasteiger partial charge in [0.15, 0.2) is 0 Å². The third-order valence-electron chi connectivity index (χ3n) is 3.22. The topological polar surface area (TPSA) is 77.3 Å². The van der Waals surface area contributed by atoms with Gasteiger partial charge in [0.1, 0.15) is 12.0 Å². The molecule has 0 atom stereocenters. The third-order valence-corrected chi connectivity index (χ3v) is 3.22. The lowest BCUT2D eigenvalue weighted by Gasteiger charge is -2.23. The first-order chi connectivity index (χ1) is 8.70. The molecular weight excluding hydrogens is 234 g/mol. The van der Waals surface area contributed by atoms with Crippen LogP contribution >= 0.6 is 0 Å². The van der Waals surface area contributed by atoms with Crippen molar-refractivity contribution in [2.24, 2.45) is 0 Å². The van der Waals surface area contributed by atoms with Crippen molar-refractivity contribution in [3.8, 4) is 5.75 Å². The monoisotopic (exact) mass is 251 g/mol. The Hall–Kier alpha value is -1.85. The fourth-order valence-electron chi connectivity index (χ4n) is 2.27. The van der Waals surface area contributed by atoms with Crippen molar-refractivity contribution in [2.45, 2.75) is 38.1 Å². The number of rotatable bonds is 4. The van der Waals surface area contributed by atoms with E-state index < -0.39 is 4.92 Å². The number of hydrogen-bond donors (Lipinski definition) is 1. The first-order valence-corrected chi connectivity index (χ1v) is 6.15. The smallest absolute Gasteiger partial charge is 0.329 e. The maximum Gasteiger partial charge on any atom is 0.329 e. The molecule has 0 aliphatic heterocycles. The van der Waals surface area contributed by atoms with Crippen molar-refractivity contribution in [2.75, 3.05) is 12.4 Å². The van der Waals surface area contributed by atoms with Crippen molar-refractivity contribution in [1.29, 1.82) is 0 Å². The second-order valence-electron chi connectivity index (χ2n) is 4.48. The number of nitrogens with zero attached hydrogens (tertiary/aromatic N) is 2. The van der Waals surface area contributed by atoms with Crippen LogP contribution in [0.4, 0.5) is 11.5 Å². The van der Waals surface area contributed by atoms with Crippen molar-refractivity contribution in [3.05, 3.63) is 22.4 Å². The van der Waals surface area contributed by atoms with Crippen LogP contribution in [0, 0.1) is 10.1 Å². The molecule has 1 aromatic heterocycles. The summed E-state index contributed by atoms with van der Waals surface area (Å²) in [6.07, 6.45) is 7.23. The number of hydrogen-bond acceptors (Lipinski definition) is 5. The molecular formula is C12H17N3O3. The van der Waals surface area contributed by atoms with Crippen LogP contribution in [0.25, 0.3) is 0 Å². The van der Waals surface area contributed by atoms with E-state index in [1.54, 1.807) is 6.07 Å². The highest BCUT2D eigenvalue weighted by Gasteiger charge is 2.18. The Kier molecular flexibility index (Phi) is 3.96. The van der Waals surface area contributed by atoms with E-state index in [2.05, 4.69) is 10.3 Å². The predicted molar refractivity (Wildman–Crippen MR) is 67.9 cm³/mol. The second kappa shape index (κ2) is 5.66. The summed E-state index contributed by atoms with van der Waals surface area (Å²) < 4.78 is 5.01. The largest absolute Gasteiger partial charge is 0.490 e. The summed E-state index contributed by atoms with van der Waals surface area (Å²) >= 11 is 0. The molecule has 0 aromatic carbocycles. The molecule has 0 radical (unpaired) electrons. The Balaban J connectivity index is 2.11. The Labute approximate surface area is 106 Å². The lowest BCUT2D eigenvalue weighted by atomic mass is 9.95. The van der Waals surface area contributed by atoms with Crippen LogP contribution in [0.1, 0.15) is 32.1 Å². The van der Waals surface area contributed by atoms with E-state index >= 15 is 0 Å². The van der Waals surface area contributed by atoms with Crippen molar-refractivity contribution < 1.29 is 9.66 Å². The summed E-state index contributed by atoms with van der Waals surface area (Å²) in [6, 6.07) is 2.00. The zero-order chi connectivity index (χ0) is 13.0. The van der Waals surface area contributed by atoms with Gasteiger partial charge in [0.25, 0.3) is 0 Å². The van der Waals surface area contributed by atoms with Crippen molar-refractivity contribution >= 4 is 11.5 Å². The second-order valence-corrected chi connectivity index (χ2v) is 4.48. The van der Waals surface area contributed by atoms with E-state index in [0.717, 1.165) is 12.8 Å². The maximum absolute atomic E-state index is 10.7. The van der Waals surface area contributed by atoms with E-state index in [1.165, 1.54) is 32.6 Å². The van der Waals surface area contributed by atoms with Crippen LogP contribution in [0.2, 0.25) is 0 Å². The quantitative estimate of drug-likeness (QED) is 0.657. The number of ether oxygens (including phenoxy) is 1. The molecule has 98 valence electrons. The number of pyridine rings is 1. The minimum atomic E-state index is -0.490. The molecule has 6 nitrogen and oxygen atoms in total. The molecule has 0 spiro atoms. The average Bonchev–Trinajstić information content (AvgIpc) is 2.39. The van der Waals surface area contributed by atoms with Crippen LogP contribution in [-0.4, -0.2) is 23.1 Å². The number of aromatic nitrogens is 1. The molecule has 6 heteroatoms. The Bertz CT molecular complexity index is 431. The Morgan fingerprint density at radius 3 is 2.78 bits per heavy atom. The predicted octanol–water partition coefficient (Wildman–Crippen LogP) is 2.74. The molecule has 1 fully saturated rings. The van der Waals surface area contributed by atoms with Gasteiger partial charge in [-0.15, -0.1) is 0 Å². The SMILES string of the molecule is COc1cc(NC2CCCCC2)ncc1[N+](=O)[O-]. The summed E-state index contributed by atoms with van der Waals surface area (Å²) in [6.45, 7) is 0. The van der Waals surface area contributed by atoms with Crippen LogP contribution < -0.4 is 10.1 Å². The van der Waals surface area contributed by atoms with E-state index in [-0.39, 0.29) is 11.4 Å². The van der Waals surface area contributed by atoms with Crippen LogP contribution in [0.3, 0.4) is 0 Å². The van der Waals surface area contributed by atoms with E-state index in [0.29, 0.717) is 11.9 Å². The fraction of sp³-hybridized carbons (Fsp3) is 0.583. The highest BCUT2D eigenvalue weighted by Crippen LogP contribution is 2.29. The van der Waals surface area contributed by atoms with Gasteiger partial charge in [-0.3, -0.25) is 10.1 Å². The van der Waals surface area contributed by atoms with Gasteiger partial charge in [0, 0.05) is 12.1 Å². The standard InChI is InChI=1S/C12H17N3O3/c1-18-11-7-12(13-8-10(11)15(16)17)14-9-5-3-2-4-6-9/h7-9H,2-6H2,1H3,(H,13,14). The van der Waals surface area contributed by atoms with Gasteiger partial charge in [0.2, 0.25) is 5.75 Å². The number of methoxy groups -OCH3 is 1. The first kappa shape index (κ1) is 12.6. The molecule has 1 aromatic rings. The van der Waals surface area contributed by atoms with Crippen molar-refractivity contribution in [1.82, 2.24) is 4.98 Å². The normalized spacial score (nSPS) is 16.3. The summed E-state index contributed by atoms with van der Waals surface area (Å²) in [4.78, 5) is 14.3. The summed E-state index contributed by atoms with van der Waals surface area (Å²) in [7, 11) is 1.42. The highest BCUT2D eigenvalue weighted by molar-refractivity contribution is 5.52. The first-order valence-electron chi connectivity index (χ1n) is 6.15. The molecule has 18 heavy (non-hydrogen) atoms. The molecule has 1 heterocycles. The summed E-state index contributed by atoms with van der Waals surface area (Å²) in [5, 5.41) is 14.1. The molecule has 1 N–H and O–H groups in total. The van der Waals surface area contributed by atoms with Gasteiger partial charge >= 0.3 is 5.69 Å². The van der Waals surface area contributed by atoms with E-state index in [1.807, 2.05) is 0 Å². The molecule has 1 aliphatic rings. The van der Waals surface area contributed by atoms with E-state index in [4.69, 9.17) is 4.74 Å². The van der Waals surface area contributed by atoms with Gasteiger partial charge in [-0.05, 0) is 12.8 Å². The average molecular weight is 251 g/mol. The highest BCUT2D eigenvalue weighted by atomic mass is 16.6. The van der Waals surface area contributed by atoms with Crippen molar-refractivity contribution in [3.63, 3.8) is 0 Å². The molecule has 0 saturated heterocycles. The van der Waals surface area contributed by atoms with Gasteiger partial charge in [-0.2, -0.15) is 0 Å². The number of anilines is 1. The van der Waals surface area contributed by atoms with Gasteiger partial charge in [0.05, 0.1) is 12.0 Å². The molecule has 0 bridgehead atoms. The van der Waals surface area contributed by atoms with E-state index in [9.17, 15) is 10.1 Å². The van der Waals surface area contributed by atoms with Gasteiger partial charge < -0.3 is 10.1 Å². The Morgan fingerprint density at radius 1 is 1.44 bits per heavy atom. The summed E-state index contributed by atoms with van der Waals surface area (Å²) in [5.74, 6) is 0.887. The molecule has 0 amide bonds. The third kappa shape index (κ3) is 2.88. The lowest BCUT2D eigenvalue weighted by molar-refractivity contribution is -0.386. The minimum Gasteiger partial charge on any atom is -0.490 e. The number of nitro groups is 1. The zero-order valence-corrected chi connectivity index (χ0v) is 10.4. The van der Waals surface area contributed by atoms with Crippen LogP contribution in [0.15, 0.2) is 12.3 Å². The van der Waals surface area contributed by atoms with Gasteiger partial charge in [-0.25, -0.2) is 4.98 Å². The summed E-state index contributed by atoms with van der Waals surface area (Å²) in [5.41, 5.74) is -0.105. The zero-order valence-electron chi connectivity index (χ0n) is 10.4.